The molecule has 2 aromatic carbocycles. The molecule has 6 nitrogen and oxygen atoms in total. The van der Waals surface area contributed by atoms with Crippen molar-refractivity contribution in [2.45, 2.75) is 32.8 Å². The van der Waals surface area contributed by atoms with Gasteiger partial charge in [-0.1, -0.05) is 23.4 Å². The Morgan fingerprint density at radius 1 is 1.22 bits per heavy atom. The Labute approximate surface area is 156 Å². The molecule has 0 bridgehead atoms. The molecule has 1 amide bonds. The second-order valence-electron chi connectivity index (χ2n) is 6.08. The Bertz CT molecular complexity index is 911. The van der Waals surface area contributed by atoms with E-state index in [1.807, 2.05) is 0 Å². The molecule has 140 valence electrons. The average molecular weight is 369 g/mol. The lowest BCUT2D eigenvalue weighted by Gasteiger charge is -2.09. The molecule has 1 aromatic heterocycles. The summed E-state index contributed by atoms with van der Waals surface area (Å²) in [5.41, 5.74) is 1.38. The van der Waals surface area contributed by atoms with Gasteiger partial charge in [0.25, 0.3) is 0 Å². The third-order valence-electron chi connectivity index (χ3n) is 3.78. The highest BCUT2D eigenvalue weighted by atomic mass is 19.1. The van der Waals surface area contributed by atoms with Gasteiger partial charge in [0.05, 0.1) is 0 Å². The second kappa shape index (κ2) is 8.93. The van der Waals surface area contributed by atoms with Crippen molar-refractivity contribution in [3.63, 3.8) is 0 Å². The first kappa shape index (κ1) is 18.6. The lowest BCUT2D eigenvalue weighted by atomic mass is 10.2. The minimum atomic E-state index is -0.298. The maximum absolute atomic E-state index is 13.2. The van der Waals surface area contributed by atoms with Crippen molar-refractivity contribution in [3.8, 4) is 5.75 Å². The molecule has 0 radical (unpaired) electrons. The predicted octanol–water partition coefficient (Wildman–Crippen LogP) is 4.06. The van der Waals surface area contributed by atoms with Crippen molar-refractivity contribution in [1.29, 1.82) is 0 Å². The van der Waals surface area contributed by atoms with Gasteiger partial charge in [-0.15, -0.1) is 0 Å². The number of carbonyl (C=O) groups is 1. The molecule has 0 atom stereocenters. The Morgan fingerprint density at radius 3 is 2.85 bits per heavy atom. The first-order valence-corrected chi connectivity index (χ1v) is 8.65. The van der Waals surface area contributed by atoms with Crippen LogP contribution in [0.5, 0.6) is 5.75 Å². The van der Waals surface area contributed by atoms with Crippen LogP contribution in [0.4, 0.5) is 10.1 Å². The molecule has 0 fully saturated rings. The number of aryl methyl sites for hydroxylation is 2. The van der Waals surface area contributed by atoms with E-state index in [1.165, 1.54) is 12.1 Å². The molecular formula is C20H20FN3O3. The number of hydrogen-bond acceptors (Lipinski definition) is 5. The topological polar surface area (TPSA) is 77.2 Å². The van der Waals surface area contributed by atoms with E-state index in [0.717, 1.165) is 5.56 Å². The van der Waals surface area contributed by atoms with E-state index in [0.29, 0.717) is 42.4 Å². The van der Waals surface area contributed by atoms with Gasteiger partial charge in [0, 0.05) is 24.6 Å². The summed E-state index contributed by atoms with van der Waals surface area (Å²) in [6.45, 7) is 2.00. The van der Waals surface area contributed by atoms with Crippen LogP contribution in [0.3, 0.4) is 0 Å². The van der Waals surface area contributed by atoms with Gasteiger partial charge >= 0.3 is 0 Å². The zero-order valence-electron chi connectivity index (χ0n) is 14.9. The van der Waals surface area contributed by atoms with Gasteiger partial charge in [-0.3, -0.25) is 4.79 Å². The van der Waals surface area contributed by atoms with Crippen LogP contribution in [0.1, 0.15) is 30.1 Å². The molecule has 1 N–H and O–H groups in total. The van der Waals surface area contributed by atoms with E-state index in [4.69, 9.17) is 9.26 Å². The maximum Gasteiger partial charge on any atom is 0.226 e. The number of ether oxygens (including phenoxy) is 1. The van der Waals surface area contributed by atoms with Crippen molar-refractivity contribution in [2.75, 3.05) is 5.32 Å². The SMILES string of the molecule is Cc1noc(CCCC(=O)Nc2cccc(OCc3cccc(F)c3)c2)n1. The molecule has 0 saturated carbocycles. The summed E-state index contributed by atoms with van der Waals surface area (Å²) in [5.74, 6) is 1.32. The van der Waals surface area contributed by atoms with Crippen LogP contribution < -0.4 is 10.1 Å². The number of carbonyl (C=O) groups excluding carboxylic acids is 1. The standard InChI is InChI=1S/C20H20FN3O3/c1-14-22-20(27-24-14)10-4-9-19(25)23-17-7-3-8-18(12-17)26-13-15-5-2-6-16(21)11-15/h2-3,5-8,11-12H,4,9-10,13H2,1H3,(H,23,25). The van der Waals surface area contributed by atoms with Crippen molar-refractivity contribution in [1.82, 2.24) is 10.1 Å². The first-order chi connectivity index (χ1) is 13.1. The van der Waals surface area contributed by atoms with E-state index in [1.54, 1.807) is 43.3 Å². The molecule has 0 unspecified atom stereocenters. The Hall–Kier alpha value is -3.22. The van der Waals surface area contributed by atoms with E-state index in [-0.39, 0.29) is 18.3 Å². The quantitative estimate of drug-likeness (QED) is 0.648. The van der Waals surface area contributed by atoms with Crippen LogP contribution in [0.2, 0.25) is 0 Å². The number of hydrogen-bond donors (Lipinski definition) is 1. The summed E-state index contributed by atoms with van der Waals surface area (Å²) in [6.07, 6.45) is 1.52. The number of rotatable bonds is 8. The number of nitrogens with zero attached hydrogens (tertiary/aromatic N) is 2. The van der Waals surface area contributed by atoms with Gasteiger partial charge in [-0.2, -0.15) is 4.98 Å². The van der Waals surface area contributed by atoms with Crippen molar-refractivity contribution in [2.24, 2.45) is 0 Å². The van der Waals surface area contributed by atoms with Crippen LogP contribution >= 0.6 is 0 Å². The fourth-order valence-corrected chi connectivity index (χ4v) is 2.52. The summed E-state index contributed by atoms with van der Waals surface area (Å²) < 4.78 is 23.9. The molecule has 3 aromatic rings. The molecule has 3 rings (SSSR count). The predicted molar refractivity (Wildman–Crippen MR) is 97.8 cm³/mol. The van der Waals surface area contributed by atoms with Gasteiger partial charge in [-0.05, 0) is 43.2 Å². The number of anilines is 1. The fraction of sp³-hybridized carbons (Fsp3) is 0.250. The highest BCUT2D eigenvalue weighted by molar-refractivity contribution is 5.90. The smallest absolute Gasteiger partial charge is 0.226 e. The number of nitrogens with one attached hydrogen (secondary N) is 1. The van der Waals surface area contributed by atoms with Gasteiger partial charge in [0.1, 0.15) is 18.2 Å². The van der Waals surface area contributed by atoms with E-state index < -0.39 is 0 Å². The normalized spacial score (nSPS) is 10.6. The molecule has 27 heavy (non-hydrogen) atoms. The summed E-state index contributed by atoms with van der Waals surface area (Å²) in [6, 6.07) is 13.3. The lowest BCUT2D eigenvalue weighted by Crippen LogP contribution is -2.11. The minimum Gasteiger partial charge on any atom is -0.489 e. The minimum absolute atomic E-state index is 0.103. The van der Waals surface area contributed by atoms with E-state index in [2.05, 4.69) is 15.5 Å². The molecule has 0 saturated heterocycles. The Kier molecular flexibility index (Phi) is 6.14. The van der Waals surface area contributed by atoms with Crippen LogP contribution in [0.25, 0.3) is 0 Å². The van der Waals surface area contributed by atoms with Crippen molar-refractivity contribution >= 4 is 11.6 Å². The van der Waals surface area contributed by atoms with Crippen molar-refractivity contribution < 1.29 is 18.4 Å². The largest absolute Gasteiger partial charge is 0.489 e. The Morgan fingerprint density at radius 2 is 2.07 bits per heavy atom. The molecule has 0 aliphatic carbocycles. The van der Waals surface area contributed by atoms with Gasteiger partial charge in [0.2, 0.25) is 11.8 Å². The third kappa shape index (κ3) is 5.91. The molecule has 1 heterocycles. The first-order valence-electron chi connectivity index (χ1n) is 8.65. The van der Waals surface area contributed by atoms with E-state index >= 15 is 0 Å². The number of benzene rings is 2. The molecule has 7 heteroatoms. The third-order valence-corrected chi connectivity index (χ3v) is 3.78. The zero-order chi connectivity index (χ0) is 19.1. The van der Waals surface area contributed by atoms with Gasteiger partial charge < -0.3 is 14.6 Å². The Balaban J connectivity index is 1.47. The summed E-state index contributed by atoms with van der Waals surface area (Å²) >= 11 is 0. The summed E-state index contributed by atoms with van der Waals surface area (Å²) in [5, 5.41) is 6.55. The van der Waals surface area contributed by atoms with Crippen LogP contribution in [0, 0.1) is 12.7 Å². The number of amides is 1. The summed E-state index contributed by atoms with van der Waals surface area (Å²) in [4.78, 5) is 16.2. The molecule has 0 aliphatic heterocycles. The monoisotopic (exact) mass is 369 g/mol. The van der Waals surface area contributed by atoms with Gasteiger partial charge in [0.15, 0.2) is 5.82 Å². The van der Waals surface area contributed by atoms with Gasteiger partial charge in [-0.25, -0.2) is 4.39 Å². The highest BCUT2D eigenvalue weighted by Crippen LogP contribution is 2.19. The van der Waals surface area contributed by atoms with Crippen molar-refractivity contribution in [3.05, 3.63) is 71.6 Å². The maximum atomic E-state index is 13.2. The van der Waals surface area contributed by atoms with Crippen LogP contribution in [-0.2, 0) is 17.8 Å². The molecular weight excluding hydrogens is 349 g/mol. The number of aromatic nitrogens is 2. The number of halogens is 1. The zero-order valence-corrected chi connectivity index (χ0v) is 14.9. The molecule has 0 aliphatic rings. The summed E-state index contributed by atoms with van der Waals surface area (Å²) in [7, 11) is 0. The fourth-order valence-electron chi connectivity index (χ4n) is 2.52. The average Bonchev–Trinajstić information content (AvgIpc) is 3.05. The van der Waals surface area contributed by atoms with E-state index in [9.17, 15) is 9.18 Å². The molecule has 0 spiro atoms. The van der Waals surface area contributed by atoms with Crippen LogP contribution in [0.15, 0.2) is 53.1 Å². The van der Waals surface area contributed by atoms with Crippen LogP contribution in [-0.4, -0.2) is 16.0 Å². The lowest BCUT2D eigenvalue weighted by molar-refractivity contribution is -0.116. The second-order valence-corrected chi connectivity index (χ2v) is 6.08. The highest BCUT2D eigenvalue weighted by Gasteiger charge is 2.07.